The van der Waals surface area contributed by atoms with Gasteiger partial charge in [0.15, 0.2) is 0 Å². The highest BCUT2D eigenvalue weighted by Gasteiger charge is 2.27. The fraction of sp³-hybridized carbons (Fsp3) is 0.421. The molecule has 6 rings (SSSR count). The average molecular weight is 611 g/mol. The van der Waals surface area contributed by atoms with Gasteiger partial charge in [-0.05, 0) is 64.7 Å². The van der Waals surface area contributed by atoms with E-state index in [1.807, 2.05) is 18.2 Å². The smallest absolute Gasteiger partial charge is 0.120 e. The van der Waals surface area contributed by atoms with Crippen molar-refractivity contribution in [1.29, 1.82) is 0 Å². The van der Waals surface area contributed by atoms with Crippen molar-refractivity contribution in [2.45, 2.75) is 38.1 Å². The van der Waals surface area contributed by atoms with Crippen LogP contribution in [0, 0.1) is 0 Å². The highest BCUT2D eigenvalue weighted by atomic mass is 16.5. The molecule has 0 aliphatic carbocycles. The summed E-state index contributed by atoms with van der Waals surface area (Å²) >= 11 is 0. The first-order valence-corrected chi connectivity index (χ1v) is 16.4. The van der Waals surface area contributed by atoms with Crippen molar-refractivity contribution in [2.75, 3.05) is 65.8 Å². The predicted molar refractivity (Wildman–Crippen MR) is 178 cm³/mol. The number of piperidine rings is 1. The predicted octanol–water partition coefficient (Wildman–Crippen LogP) is 6.20. The molecular weight excluding hydrogens is 564 g/mol. The molecule has 2 saturated heterocycles. The summed E-state index contributed by atoms with van der Waals surface area (Å²) in [5.74, 6) is 2.13. The monoisotopic (exact) mass is 610 g/mol. The summed E-state index contributed by atoms with van der Waals surface area (Å²) in [5, 5.41) is 5.93. The first-order chi connectivity index (χ1) is 22.3. The molecule has 2 atom stereocenters. The van der Waals surface area contributed by atoms with Gasteiger partial charge in [-0.15, -0.1) is 0 Å². The molecule has 2 aliphatic heterocycles. The Hall–Kier alpha value is -3.46. The normalized spacial score (nSPS) is 19.0. The molecule has 238 valence electrons. The van der Waals surface area contributed by atoms with Gasteiger partial charge in [0.2, 0.25) is 0 Å². The molecule has 45 heavy (non-hydrogen) atoms. The lowest BCUT2D eigenvalue weighted by molar-refractivity contribution is 0.0111. The molecule has 2 heterocycles. The first-order valence-electron chi connectivity index (χ1n) is 16.4. The SMILES string of the molecule is c1ccc(COCCCOc2ccc(C3CCNCC3OCc3cccc4ccc(OCCN5CCOCC5)cc34)cc2)cc1. The molecule has 0 bridgehead atoms. The van der Waals surface area contributed by atoms with E-state index in [-0.39, 0.29) is 6.10 Å². The van der Waals surface area contributed by atoms with Crippen LogP contribution in [0.15, 0.2) is 91.0 Å². The molecule has 0 aromatic heterocycles. The second kappa shape index (κ2) is 16.7. The third kappa shape index (κ3) is 9.28. The number of nitrogens with zero attached hydrogens (tertiary/aromatic N) is 1. The van der Waals surface area contributed by atoms with E-state index in [0.29, 0.717) is 39.0 Å². The van der Waals surface area contributed by atoms with Gasteiger partial charge in [-0.1, -0.05) is 66.7 Å². The quantitative estimate of drug-likeness (QED) is 0.161. The zero-order valence-corrected chi connectivity index (χ0v) is 26.2. The Labute approximate surface area is 267 Å². The summed E-state index contributed by atoms with van der Waals surface area (Å²) in [6.07, 6.45) is 1.99. The number of morpholine rings is 1. The van der Waals surface area contributed by atoms with E-state index < -0.39 is 0 Å². The van der Waals surface area contributed by atoms with Crippen LogP contribution in [-0.4, -0.2) is 76.8 Å². The summed E-state index contributed by atoms with van der Waals surface area (Å²) in [6, 6.07) is 31.7. The van der Waals surface area contributed by atoms with Crippen LogP contribution in [0.5, 0.6) is 11.5 Å². The number of benzene rings is 4. The summed E-state index contributed by atoms with van der Waals surface area (Å²) in [5.41, 5.74) is 3.68. The van der Waals surface area contributed by atoms with Crippen molar-refractivity contribution in [1.82, 2.24) is 10.2 Å². The molecule has 2 unspecified atom stereocenters. The standard InChI is InChI=1S/C38H46N2O5/c1-2-6-30(7-3-1)28-42-21-5-22-43-34-13-10-32(11-14-34)36-16-17-39-27-38(36)45-29-33-9-4-8-31-12-15-35(26-37(31)33)44-25-20-40-18-23-41-24-19-40/h1-4,6-15,26,36,38-39H,5,16-25,27-29H2. The van der Waals surface area contributed by atoms with Crippen molar-refractivity contribution < 1.29 is 23.7 Å². The number of hydrogen-bond donors (Lipinski definition) is 1. The maximum atomic E-state index is 6.64. The molecule has 0 saturated carbocycles. The molecule has 7 heteroatoms. The van der Waals surface area contributed by atoms with Crippen LogP contribution in [0.2, 0.25) is 0 Å². The van der Waals surface area contributed by atoms with Gasteiger partial charge in [0, 0.05) is 38.5 Å². The van der Waals surface area contributed by atoms with Crippen molar-refractivity contribution in [3.05, 3.63) is 108 Å². The summed E-state index contributed by atoms with van der Waals surface area (Å²) in [7, 11) is 0. The first kappa shape index (κ1) is 31.5. The second-order valence-electron chi connectivity index (χ2n) is 11.9. The number of hydrogen-bond acceptors (Lipinski definition) is 7. The van der Waals surface area contributed by atoms with E-state index in [9.17, 15) is 0 Å². The zero-order chi connectivity index (χ0) is 30.5. The van der Waals surface area contributed by atoms with Gasteiger partial charge < -0.3 is 29.0 Å². The summed E-state index contributed by atoms with van der Waals surface area (Å²) in [4.78, 5) is 2.39. The second-order valence-corrected chi connectivity index (χ2v) is 11.9. The van der Waals surface area contributed by atoms with E-state index in [2.05, 4.69) is 83.0 Å². The fourth-order valence-corrected chi connectivity index (χ4v) is 6.16. The minimum atomic E-state index is 0.0930. The Morgan fingerprint density at radius 1 is 0.778 bits per heavy atom. The minimum Gasteiger partial charge on any atom is -0.494 e. The highest BCUT2D eigenvalue weighted by Crippen LogP contribution is 2.31. The maximum absolute atomic E-state index is 6.64. The molecule has 4 aromatic carbocycles. The molecule has 0 spiro atoms. The lowest BCUT2D eigenvalue weighted by Crippen LogP contribution is -2.40. The Bertz CT molecular complexity index is 1440. The van der Waals surface area contributed by atoms with E-state index >= 15 is 0 Å². The van der Waals surface area contributed by atoms with Gasteiger partial charge in [-0.3, -0.25) is 4.90 Å². The van der Waals surface area contributed by atoms with Gasteiger partial charge in [0.05, 0.1) is 45.7 Å². The van der Waals surface area contributed by atoms with Crippen LogP contribution in [0.25, 0.3) is 10.8 Å². The van der Waals surface area contributed by atoms with E-state index in [0.717, 1.165) is 70.3 Å². The van der Waals surface area contributed by atoms with E-state index in [1.165, 1.54) is 27.5 Å². The Balaban J connectivity index is 0.990. The van der Waals surface area contributed by atoms with Crippen molar-refractivity contribution in [3.8, 4) is 11.5 Å². The fourth-order valence-electron chi connectivity index (χ4n) is 6.16. The third-order valence-corrected chi connectivity index (χ3v) is 8.72. The lowest BCUT2D eigenvalue weighted by atomic mass is 9.87. The van der Waals surface area contributed by atoms with Crippen LogP contribution in [0.4, 0.5) is 0 Å². The van der Waals surface area contributed by atoms with Gasteiger partial charge in [0.25, 0.3) is 0 Å². The van der Waals surface area contributed by atoms with Gasteiger partial charge in [-0.25, -0.2) is 0 Å². The van der Waals surface area contributed by atoms with Crippen molar-refractivity contribution in [2.24, 2.45) is 0 Å². The minimum absolute atomic E-state index is 0.0930. The number of ether oxygens (including phenoxy) is 5. The van der Waals surface area contributed by atoms with E-state index in [1.54, 1.807) is 0 Å². The zero-order valence-electron chi connectivity index (χ0n) is 26.2. The van der Waals surface area contributed by atoms with Crippen LogP contribution in [0.3, 0.4) is 0 Å². The largest absolute Gasteiger partial charge is 0.494 e. The van der Waals surface area contributed by atoms with Gasteiger partial charge in [-0.2, -0.15) is 0 Å². The Kier molecular flexibility index (Phi) is 11.7. The third-order valence-electron chi connectivity index (χ3n) is 8.72. The van der Waals surface area contributed by atoms with E-state index in [4.69, 9.17) is 23.7 Å². The van der Waals surface area contributed by atoms with Crippen molar-refractivity contribution in [3.63, 3.8) is 0 Å². The number of fused-ring (bicyclic) bond motifs is 1. The van der Waals surface area contributed by atoms with Gasteiger partial charge >= 0.3 is 0 Å². The summed E-state index contributed by atoms with van der Waals surface area (Å²) in [6.45, 7) is 9.51. The molecule has 1 N–H and O–H groups in total. The molecule has 0 amide bonds. The summed E-state index contributed by atoms with van der Waals surface area (Å²) < 4.78 is 30.0. The average Bonchev–Trinajstić information content (AvgIpc) is 3.10. The maximum Gasteiger partial charge on any atom is 0.120 e. The van der Waals surface area contributed by atoms with Crippen LogP contribution >= 0.6 is 0 Å². The number of rotatable bonds is 15. The van der Waals surface area contributed by atoms with Crippen LogP contribution in [-0.2, 0) is 27.4 Å². The van der Waals surface area contributed by atoms with Crippen LogP contribution in [0.1, 0.15) is 35.4 Å². The Morgan fingerprint density at radius 3 is 2.47 bits per heavy atom. The van der Waals surface area contributed by atoms with Crippen LogP contribution < -0.4 is 14.8 Å². The van der Waals surface area contributed by atoms with Crippen molar-refractivity contribution >= 4 is 10.8 Å². The Morgan fingerprint density at radius 2 is 1.60 bits per heavy atom. The molecule has 7 nitrogen and oxygen atoms in total. The molecule has 2 aliphatic rings. The molecular formula is C38H46N2O5. The molecule has 0 radical (unpaired) electrons. The van der Waals surface area contributed by atoms with Gasteiger partial charge in [0.1, 0.15) is 18.1 Å². The molecule has 2 fully saturated rings. The topological polar surface area (TPSA) is 61.4 Å². The number of nitrogens with one attached hydrogen (secondary N) is 1. The lowest BCUT2D eigenvalue weighted by Gasteiger charge is -2.32. The highest BCUT2D eigenvalue weighted by molar-refractivity contribution is 5.87. The molecule has 4 aromatic rings.